The van der Waals surface area contributed by atoms with Crippen LogP contribution in [-0.2, 0) is 9.84 Å². The molecule has 0 saturated heterocycles. The Morgan fingerprint density at radius 2 is 1.68 bits per heavy atom. The van der Waals surface area contributed by atoms with Gasteiger partial charge in [0, 0.05) is 6.26 Å². The number of rotatable bonds is 3. The maximum Gasteiger partial charge on any atom is 0.175 e. The fourth-order valence-corrected chi connectivity index (χ4v) is 2.52. The molecular formula is C16H16O2S. The van der Waals surface area contributed by atoms with Gasteiger partial charge in [0.15, 0.2) is 9.84 Å². The van der Waals surface area contributed by atoms with Crippen LogP contribution in [-0.4, -0.2) is 14.7 Å². The van der Waals surface area contributed by atoms with Crippen LogP contribution in [0.25, 0.3) is 11.6 Å². The molecule has 0 bridgehead atoms. The average Bonchev–Trinajstić information content (AvgIpc) is 2.39. The van der Waals surface area contributed by atoms with Gasteiger partial charge in [0.1, 0.15) is 0 Å². The molecule has 0 heterocycles. The molecular weight excluding hydrogens is 256 g/mol. The van der Waals surface area contributed by atoms with Crippen molar-refractivity contribution in [3.63, 3.8) is 0 Å². The Balaban J connectivity index is 2.40. The molecule has 0 spiro atoms. The smallest absolute Gasteiger partial charge is 0.175 e. The Kier molecular flexibility index (Phi) is 3.86. The molecule has 0 aliphatic carbocycles. The zero-order valence-electron chi connectivity index (χ0n) is 11.0. The molecule has 0 amide bonds. The van der Waals surface area contributed by atoms with Crippen LogP contribution in [0.4, 0.5) is 0 Å². The van der Waals surface area contributed by atoms with Crippen molar-refractivity contribution < 1.29 is 8.42 Å². The predicted octanol–water partition coefficient (Wildman–Crippen LogP) is 3.65. The van der Waals surface area contributed by atoms with E-state index in [-0.39, 0.29) is 0 Å². The third-order valence-electron chi connectivity index (χ3n) is 2.90. The van der Waals surface area contributed by atoms with Crippen molar-refractivity contribution in [3.05, 3.63) is 65.7 Å². The Morgan fingerprint density at radius 3 is 2.32 bits per heavy atom. The Labute approximate surface area is 114 Å². The lowest BCUT2D eigenvalue weighted by molar-refractivity contribution is 0.602. The second kappa shape index (κ2) is 5.41. The lowest BCUT2D eigenvalue weighted by atomic mass is 10.0. The van der Waals surface area contributed by atoms with E-state index < -0.39 is 9.84 Å². The van der Waals surface area contributed by atoms with Gasteiger partial charge in [0.25, 0.3) is 0 Å². The normalized spacial score (nSPS) is 12.4. The minimum atomic E-state index is -3.16. The zero-order chi connectivity index (χ0) is 13.9. The second-order valence-corrected chi connectivity index (χ2v) is 6.55. The van der Waals surface area contributed by atoms with Crippen molar-refractivity contribution in [2.75, 3.05) is 6.26 Å². The number of benzene rings is 2. The summed E-state index contributed by atoms with van der Waals surface area (Å²) < 4.78 is 23.1. The highest BCUT2D eigenvalue weighted by molar-refractivity contribution is 7.90. The molecule has 0 atom stereocenters. The van der Waals surface area contributed by atoms with Crippen LogP contribution in [0.1, 0.15) is 18.1 Å². The molecule has 0 aromatic heterocycles. The highest BCUT2D eigenvalue weighted by atomic mass is 32.2. The van der Waals surface area contributed by atoms with Gasteiger partial charge in [-0.1, -0.05) is 48.5 Å². The maximum atomic E-state index is 11.5. The summed E-state index contributed by atoms with van der Waals surface area (Å²) in [4.78, 5) is 0.353. The van der Waals surface area contributed by atoms with Crippen LogP contribution < -0.4 is 0 Å². The van der Waals surface area contributed by atoms with Gasteiger partial charge in [0.2, 0.25) is 0 Å². The van der Waals surface area contributed by atoms with Gasteiger partial charge in [-0.2, -0.15) is 0 Å². The van der Waals surface area contributed by atoms with Gasteiger partial charge in [-0.3, -0.25) is 0 Å². The van der Waals surface area contributed by atoms with Crippen LogP contribution in [0.2, 0.25) is 0 Å². The molecule has 2 aromatic rings. The molecule has 3 heteroatoms. The first-order valence-electron chi connectivity index (χ1n) is 6.01. The third-order valence-corrected chi connectivity index (χ3v) is 4.01. The molecule has 0 aliphatic rings. The second-order valence-electron chi connectivity index (χ2n) is 4.54. The molecule has 0 radical (unpaired) electrons. The monoisotopic (exact) mass is 272 g/mol. The lowest BCUT2D eigenvalue weighted by Crippen LogP contribution is -1.97. The topological polar surface area (TPSA) is 34.1 Å². The number of allylic oxidation sites excluding steroid dienone is 1. The van der Waals surface area contributed by atoms with E-state index in [1.165, 1.54) is 6.26 Å². The minimum Gasteiger partial charge on any atom is -0.224 e. The van der Waals surface area contributed by atoms with E-state index in [0.717, 1.165) is 16.7 Å². The molecule has 19 heavy (non-hydrogen) atoms. The van der Waals surface area contributed by atoms with Crippen molar-refractivity contribution in [2.24, 2.45) is 0 Å². The molecule has 98 valence electrons. The van der Waals surface area contributed by atoms with Gasteiger partial charge >= 0.3 is 0 Å². The molecule has 0 unspecified atom stereocenters. The highest BCUT2D eigenvalue weighted by Gasteiger charge is 2.07. The third kappa shape index (κ3) is 3.55. The SMILES string of the molecule is C/C(=C\c1ccccc1)c1cccc(S(C)(=O)=O)c1. The fraction of sp³-hybridized carbons (Fsp3) is 0.125. The zero-order valence-corrected chi connectivity index (χ0v) is 11.8. The van der Waals surface area contributed by atoms with Gasteiger partial charge in [-0.15, -0.1) is 0 Å². The summed E-state index contributed by atoms with van der Waals surface area (Å²) in [5.41, 5.74) is 3.06. The summed E-state index contributed by atoms with van der Waals surface area (Å²) in [5.74, 6) is 0. The van der Waals surface area contributed by atoms with Crippen LogP contribution in [0.15, 0.2) is 59.5 Å². The summed E-state index contributed by atoms with van der Waals surface area (Å²) in [5, 5.41) is 0. The van der Waals surface area contributed by atoms with E-state index in [9.17, 15) is 8.42 Å². The van der Waals surface area contributed by atoms with Gasteiger partial charge < -0.3 is 0 Å². The van der Waals surface area contributed by atoms with Crippen molar-refractivity contribution >= 4 is 21.5 Å². The Bertz CT molecular complexity index is 699. The summed E-state index contributed by atoms with van der Waals surface area (Å²) in [6, 6.07) is 17.0. The fourth-order valence-electron chi connectivity index (χ4n) is 1.85. The molecule has 0 aliphatic heterocycles. The molecule has 2 nitrogen and oxygen atoms in total. The van der Waals surface area contributed by atoms with Gasteiger partial charge in [0.05, 0.1) is 4.90 Å². The lowest BCUT2D eigenvalue weighted by Gasteiger charge is -2.05. The first-order chi connectivity index (χ1) is 8.97. The van der Waals surface area contributed by atoms with E-state index in [1.807, 2.05) is 49.4 Å². The maximum absolute atomic E-state index is 11.5. The standard InChI is InChI=1S/C16H16O2S/c1-13(11-14-7-4-3-5-8-14)15-9-6-10-16(12-15)19(2,17)18/h3-12H,1-2H3/b13-11+. The van der Waals surface area contributed by atoms with Crippen LogP contribution in [0.3, 0.4) is 0 Å². The highest BCUT2D eigenvalue weighted by Crippen LogP contribution is 2.20. The Morgan fingerprint density at radius 1 is 1.00 bits per heavy atom. The van der Waals surface area contributed by atoms with Crippen molar-refractivity contribution in [1.29, 1.82) is 0 Å². The largest absolute Gasteiger partial charge is 0.224 e. The van der Waals surface area contributed by atoms with Crippen LogP contribution >= 0.6 is 0 Å². The minimum absolute atomic E-state index is 0.353. The van der Waals surface area contributed by atoms with Crippen LogP contribution in [0, 0.1) is 0 Å². The molecule has 0 N–H and O–H groups in total. The van der Waals surface area contributed by atoms with E-state index in [4.69, 9.17) is 0 Å². The molecule has 0 fully saturated rings. The van der Waals surface area contributed by atoms with Crippen molar-refractivity contribution in [3.8, 4) is 0 Å². The van der Waals surface area contributed by atoms with Crippen molar-refractivity contribution in [1.82, 2.24) is 0 Å². The van der Waals surface area contributed by atoms with E-state index in [0.29, 0.717) is 4.90 Å². The summed E-state index contributed by atoms with van der Waals surface area (Å²) in [7, 11) is -3.16. The molecule has 2 aromatic carbocycles. The number of hydrogen-bond acceptors (Lipinski definition) is 2. The summed E-state index contributed by atoms with van der Waals surface area (Å²) >= 11 is 0. The van der Waals surface area contributed by atoms with E-state index in [1.54, 1.807) is 18.2 Å². The van der Waals surface area contributed by atoms with E-state index >= 15 is 0 Å². The average molecular weight is 272 g/mol. The quantitative estimate of drug-likeness (QED) is 0.799. The van der Waals surface area contributed by atoms with E-state index in [2.05, 4.69) is 0 Å². The number of sulfone groups is 1. The van der Waals surface area contributed by atoms with Crippen LogP contribution in [0.5, 0.6) is 0 Å². The predicted molar refractivity (Wildman–Crippen MR) is 79.5 cm³/mol. The van der Waals surface area contributed by atoms with Gasteiger partial charge in [-0.05, 0) is 35.8 Å². The van der Waals surface area contributed by atoms with Crippen molar-refractivity contribution in [2.45, 2.75) is 11.8 Å². The first kappa shape index (κ1) is 13.6. The molecule has 2 rings (SSSR count). The number of hydrogen-bond donors (Lipinski definition) is 0. The molecule has 0 saturated carbocycles. The first-order valence-corrected chi connectivity index (χ1v) is 7.90. The summed E-state index contributed by atoms with van der Waals surface area (Å²) in [6.07, 6.45) is 3.27. The van der Waals surface area contributed by atoms with Gasteiger partial charge in [-0.25, -0.2) is 8.42 Å². The summed E-state index contributed by atoms with van der Waals surface area (Å²) in [6.45, 7) is 1.98. The Hall–Kier alpha value is -1.87.